The molecule has 9 nitrogen and oxygen atoms in total. The van der Waals surface area contributed by atoms with E-state index in [1.165, 1.54) is 5.56 Å². The summed E-state index contributed by atoms with van der Waals surface area (Å²) in [6, 6.07) is 16.2. The lowest BCUT2D eigenvalue weighted by molar-refractivity contribution is -0.119. The molecule has 37 heavy (non-hydrogen) atoms. The number of para-hydroxylation sites is 1. The Balaban J connectivity index is 1.40. The highest BCUT2D eigenvalue weighted by Crippen LogP contribution is 2.36. The van der Waals surface area contributed by atoms with Gasteiger partial charge >= 0.3 is 0 Å². The fourth-order valence-electron chi connectivity index (χ4n) is 5.08. The molecule has 3 heterocycles. The van der Waals surface area contributed by atoms with Crippen molar-refractivity contribution in [3.63, 3.8) is 0 Å². The van der Waals surface area contributed by atoms with Gasteiger partial charge in [-0.25, -0.2) is 9.50 Å². The van der Waals surface area contributed by atoms with Gasteiger partial charge in [0.2, 0.25) is 11.9 Å². The van der Waals surface area contributed by atoms with Crippen LogP contribution in [-0.2, 0) is 4.79 Å². The molecular formula is C28H32N6O3. The van der Waals surface area contributed by atoms with Crippen molar-refractivity contribution in [2.45, 2.75) is 25.7 Å². The van der Waals surface area contributed by atoms with Gasteiger partial charge in [0.25, 0.3) is 0 Å². The number of amides is 1. The molecule has 4 aromatic rings. The Hall–Kier alpha value is -4.11. The molecule has 3 N–H and O–H groups in total. The zero-order chi connectivity index (χ0) is 25.9. The van der Waals surface area contributed by atoms with Crippen LogP contribution >= 0.6 is 0 Å². The molecule has 2 aromatic heterocycles. The van der Waals surface area contributed by atoms with E-state index in [1.54, 1.807) is 14.2 Å². The summed E-state index contributed by atoms with van der Waals surface area (Å²) in [7, 11) is 3.34. The minimum Gasteiger partial charge on any atom is -0.496 e. The summed E-state index contributed by atoms with van der Waals surface area (Å²) in [5, 5.41) is 8.13. The number of primary amides is 1. The number of piperidine rings is 1. The van der Waals surface area contributed by atoms with Gasteiger partial charge in [0.1, 0.15) is 11.5 Å². The lowest BCUT2D eigenvalue weighted by Crippen LogP contribution is -2.39. The molecule has 0 spiro atoms. The summed E-state index contributed by atoms with van der Waals surface area (Å²) in [5.74, 6) is 2.11. The van der Waals surface area contributed by atoms with E-state index in [2.05, 4.69) is 33.4 Å². The Kier molecular flexibility index (Phi) is 6.96. The fourth-order valence-corrected chi connectivity index (χ4v) is 5.08. The third-order valence-corrected chi connectivity index (χ3v) is 7.01. The minimum absolute atomic E-state index is 0.277. The molecule has 5 rings (SSSR count). The number of nitrogens with one attached hydrogen (secondary N) is 1. The van der Waals surface area contributed by atoms with Crippen LogP contribution in [0.15, 0.2) is 54.7 Å². The lowest BCUT2D eigenvalue weighted by atomic mass is 9.89. The second-order valence-corrected chi connectivity index (χ2v) is 9.39. The van der Waals surface area contributed by atoms with E-state index in [-0.39, 0.29) is 5.91 Å². The lowest BCUT2D eigenvalue weighted by Gasteiger charge is -2.31. The molecule has 192 valence electrons. The Morgan fingerprint density at radius 2 is 1.84 bits per heavy atom. The van der Waals surface area contributed by atoms with Gasteiger partial charge in [0.05, 0.1) is 43.9 Å². The zero-order valence-corrected chi connectivity index (χ0v) is 21.4. The summed E-state index contributed by atoms with van der Waals surface area (Å²) >= 11 is 0. The highest BCUT2D eigenvalue weighted by molar-refractivity contribution is 5.76. The van der Waals surface area contributed by atoms with Gasteiger partial charge in [0.15, 0.2) is 0 Å². The average molecular weight is 501 g/mol. The van der Waals surface area contributed by atoms with Crippen LogP contribution in [-0.4, -0.2) is 59.3 Å². The number of hydrogen-bond acceptors (Lipinski definition) is 7. The zero-order valence-electron chi connectivity index (χ0n) is 21.4. The molecule has 1 saturated heterocycles. The molecule has 0 bridgehead atoms. The van der Waals surface area contributed by atoms with E-state index < -0.39 is 0 Å². The van der Waals surface area contributed by atoms with E-state index in [0.29, 0.717) is 18.4 Å². The first kappa shape index (κ1) is 24.6. The topological polar surface area (TPSA) is 107 Å². The SMILES string of the molecule is COc1cc(C2CCN(CC(N)=O)CC2)ccc1Nc1ncc2c(C)cc(-c3ccccc3OC)n2n1. The second kappa shape index (κ2) is 10.5. The van der Waals surface area contributed by atoms with Gasteiger partial charge in [-0.15, -0.1) is 5.10 Å². The number of hydrogen-bond donors (Lipinski definition) is 2. The molecule has 1 amide bonds. The van der Waals surface area contributed by atoms with Gasteiger partial charge in [-0.1, -0.05) is 18.2 Å². The molecule has 1 aliphatic heterocycles. The summed E-state index contributed by atoms with van der Waals surface area (Å²) in [5.41, 5.74) is 11.3. The second-order valence-electron chi connectivity index (χ2n) is 9.39. The first-order valence-electron chi connectivity index (χ1n) is 12.4. The van der Waals surface area contributed by atoms with Gasteiger partial charge < -0.3 is 20.5 Å². The number of benzene rings is 2. The quantitative estimate of drug-likeness (QED) is 0.375. The molecular weight excluding hydrogens is 468 g/mol. The van der Waals surface area contributed by atoms with Gasteiger partial charge in [-0.2, -0.15) is 0 Å². The van der Waals surface area contributed by atoms with Crippen molar-refractivity contribution in [2.75, 3.05) is 39.2 Å². The van der Waals surface area contributed by atoms with Crippen LogP contribution in [0.25, 0.3) is 16.8 Å². The minimum atomic E-state index is -0.277. The molecule has 0 atom stereocenters. The molecule has 0 radical (unpaired) electrons. The van der Waals surface area contributed by atoms with Crippen molar-refractivity contribution in [3.8, 4) is 22.8 Å². The van der Waals surface area contributed by atoms with E-state index >= 15 is 0 Å². The number of aromatic nitrogens is 3. The number of rotatable bonds is 8. The smallest absolute Gasteiger partial charge is 0.245 e. The predicted molar refractivity (Wildman–Crippen MR) is 144 cm³/mol. The third-order valence-electron chi connectivity index (χ3n) is 7.01. The molecule has 1 fully saturated rings. The highest BCUT2D eigenvalue weighted by atomic mass is 16.5. The largest absolute Gasteiger partial charge is 0.496 e. The van der Waals surface area contributed by atoms with Gasteiger partial charge in [0, 0.05) is 5.56 Å². The average Bonchev–Trinajstić information content (AvgIpc) is 3.24. The van der Waals surface area contributed by atoms with Crippen LogP contribution in [0.3, 0.4) is 0 Å². The molecule has 0 unspecified atom stereocenters. The normalized spacial score (nSPS) is 14.6. The van der Waals surface area contributed by atoms with Crippen molar-refractivity contribution in [1.29, 1.82) is 0 Å². The number of likely N-dealkylation sites (tertiary alicyclic amines) is 1. The number of carbonyl (C=O) groups excluding carboxylic acids is 1. The van der Waals surface area contributed by atoms with E-state index in [0.717, 1.165) is 65.5 Å². The van der Waals surface area contributed by atoms with Crippen LogP contribution in [0, 0.1) is 6.92 Å². The molecule has 1 aliphatic rings. The Bertz CT molecular complexity index is 1420. The van der Waals surface area contributed by atoms with Crippen molar-refractivity contribution in [3.05, 3.63) is 65.9 Å². The standard InChI is InChI=1S/C28H32N6O3/c1-18-14-23(21-6-4-5-7-25(21)36-2)34-24(18)16-30-28(32-34)31-22-9-8-20(15-26(22)37-3)19-10-12-33(13-11-19)17-27(29)35/h4-9,14-16,19H,10-13,17H2,1-3H3,(H2,29,35)(H,31,32). The molecule has 2 aromatic carbocycles. The van der Waals surface area contributed by atoms with Crippen LogP contribution in [0.2, 0.25) is 0 Å². The van der Waals surface area contributed by atoms with Crippen LogP contribution in [0.5, 0.6) is 11.5 Å². The number of ether oxygens (including phenoxy) is 2. The van der Waals surface area contributed by atoms with Gasteiger partial charge in [-0.05, 0) is 80.2 Å². The number of nitrogens with zero attached hydrogens (tertiary/aromatic N) is 4. The molecule has 0 aliphatic carbocycles. The number of anilines is 2. The van der Waals surface area contributed by atoms with E-state index in [9.17, 15) is 4.79 Å². The fraction of sp³-hybridized carbons (Fsp3) is 0.321. The van der Waals surface area contributed by atoms with E-state index in [1.807, 2.05) is 48.0 Å². The van der Waals surface area contributed by atoms with Crippen molar-refractivity contribution >= 4 is 23.1 Å². The molecule has 0 saturated carbocycles. The van der Waals surface area contributed by atoms with E-state index in [4.69, 9.17) is 20.3 Å². The summed E-state index contributed by atoms with van der Waals surface area (Å²) < 4.78 is 13.2. The third kappa shape index (κ3) is 5.08. The Labute approximate surface area is 216 Å². The Morgan fingerprint density at radius 3 is 2.57 bits per heavy atom. The van der Waals surface area contributed by atoms with Crippen LogP contribution in [0.1, 0.15) is 29.9 Å². The van der Waals surface area contributed by atoms with Gasteiger partial charge in [-0.3, -0.25) is 9.69 Å². The number of carbonyl (C=O) groups is 1. The summed E-state index contributed by atoms with van der Waals surface area (Å²) in [6.45, 7) is 4.08. The summed E-state index contributed by atoms with van der Waals surface area (Å²) in [6.07, 6.45) is 3.77. The van der Waals surface area contributed by atoms with Crippen LogP contribution < -0.4 is 20.5 Å². The maximum atomic E-state index is 11.2. The summed E-state index contributed by atoms with van der Waals surface area (Å²) in [4.78, 5) is 17.9. The first-order valence-corrected chi connectivity index (χ1v) is 12.4. The monoisotopic (exact) mass is 500 g/mol. The Morgan fingerprint density at radius 1 is 1.08 bits per heavy atom. The number of methoxy groups -OCH3 is 2. The molecule has 9 heteroatoms. The van der Waals surface area contributed by atoms with Crippen LogP contribution in [0.4, 0.5) is 11.6 Å². The van der Waals surface area contributed by atoms with Crippen molar-refractivity contribution in [2.24, 2.45) is 5.73 Å². The van der Waals surface area contributed by atoms with Crippen molar-refractivity contribution < 1.29 is 14.3 Å². The maximum Gasteiger partial charge on any atom is 0.245 e. The van der Waals surface area contributed by atoms with Crippen molar-refractivity contribution in [1.82, 2.24) is 19.5 Å². The first-order chi connectivity index (χ1) is 18.0. The number of aryl methyl sites for hydroxylation is 1. The number of fused-ring (bicyclic) bond motifs is 1. The maximum absolute atomic E-state index is 11.2. The highest BCUT2D eigenvalue weighted by Gasteiger charge is 2.22. The number of nitrogens with two attached hydrogens (primary N) is 1. The predicted octanol–water partition coefficient (Wildman–Crippen LogP) is 4.13.